The number of ether oxygens (including phenoxy) is 1. The Hall–Kier alpha value is -3.00. The number of urea groups is 1. The van der Waals surface area contributed by atoms with Crippen LogP contribution in [0.1, 0.15) is 36.8 Å². The number of amides is 3. The fourth-order valence-electron chi connectivity index (χ4n) is 3.40. The number of nitrogens with one attached hydrogen (secondary N) is 2. The number of halogens is 1. The molecule has 3 rings (SSSR count). The fourth-order valence-corrected chi connectivity index (χ4v) is 3.81. The van der Waals surface area contributed by atoms with Crippen LogP contribution >= 0.6 is 11.6 Å². The maximum Gasteiger partial charge on any atom is 0.325 e. The van der Waals surface area contributed by atoms with E-state index in [1.165, 1.54) is 7.05 Å². The van der Waals surface area contributed by atoms with E-state index < -0.39 is 12.0 Å². The second kappa shape index (κ2) is 11.4. The molecule has 0 saturated heterocycles. The molecule has 2 aromatic rings. The highest BCUT2D eigenvalue weighted by molar-refractivity contribution is 6.36. The lowest BCUT2D eigenvalue weighted by Crippen LogP contribution is -2.46. The van der Waals surface area contributed by atoms with E-state index in [9.17, 15) is 14.4 Å². The van der Waals surface area contributed by atoms with Crippen LogP contribution in [0.25, 0.3) is 11.3 Å². The van der Waals surface area contributed by atoms with Crippen molar-refractivity contribution in [2.45, 2.75) is 33.9 Å². The molecule has 168 valence electrons. The monoisotopic (exact) mass is 448 g/mol. The van der Waals surface area contributed by atoms with Crippen LogP contribution in [0.3, 0.4) is 0 Å². The van der Waals surface area contributed by atoms with Crippen molar-refractivity contribution < 1.29 is 19.1 Å². The summed E-state index contributed by atoms with van der Waals surface area (Å²) in [5, 5.41) is 5.53. The molecule has 0 bridgehead atoms. The molecule has 0 spiro atoms. The van der Waals surface area contributed by atoms with Crippen molar-refractivity contribution in [1.29, 1.82) is 0 Å². The summed E-state index contributed by atoms with van der Waals surface area (Å²) in [4.78, 5) is 38.1. The molecule has 2 N–H and O–H groups in total. The van der Waals surface area contributed by atoms with Gasteiger partial charge in [0.15, 0.2) is 0 Å². The Morgan fingerprint density at radius 2 is 1.81 bits per heavy atom. The standard InChI is InChI=1S/C20H23ClN4O4.C2H6/c1-3-29-15(26)11-23-20(28)24-9-10-25-14(12-24)16(19(27)22-2)17(21)18(25)13-7-5-4-6-8-13;1-2/h4-8H,3,9-12H2,1-2H3,(H,22,27)(H,23,28);1-2H3. The molecule has 1 aromatic carbocycles. The van der Waals surface area contributed by atoms with Crippen molar-refractivity contribution in [2.24, 2.45) is 0 Å². The van der Waals surface area contributed by atoms with Gasteiger partial charge in [0, 0.05) is 20.1 Å². The van der Waals surface area contributed by atoms with Gasteiger partial charge in [-0.05, 0) is 12.5 Å². The van der Waals surface area contributed by atoms with E-state index in [-0.39, 0.29) is 25.6 Å². The van der Waals surface area contributed by atoms with Crippen LogP contribution in [0.4, 0.5) is 4.79 Å². The lowest BCUT2D eigenvalue weighted by molar-refractivity contribution is -0.141. The smallest absolute Gasteiger partial charge is 0.325 e. The Balaban J connectivity index is 0.00000166. The Morgan fingerprint density at radius 3 is 2.42 bits per heavy atom. The van der Waals surface area contributed by atoms with E-state index in [4.69, 9.17) is 16.3 Å². The Kier molecular flexibility index (Phi) is 8.93. The van der Waals surface area contributed by atoms with Crippen molar-refractivity contribution in [3.8, 4) is 11.3 Å². The number of nitrogens with zero attached hydrogens (tertiary/aromatic N) is 2. The third-order valence-corrected chi connectivity index (χ3v) is 5.09. The first-order chi connectivity index (χ1) is 15.0. The van der Waals surface area contributed by atoms with Gasteiger partial charge in [-0.2, -0.15) is 0 Å². The van der Waals surface area contributed by atoms with Gasteiger partial charge in [-0.3, -0.25) is 9.59 Å². The van der Waals surface area contributed by atoms with E-state index in [0.717, 1.165) is 11.3 Å². The van der Waals surface area contributed by atoms with Crippen molar-refractivity contribution in [3.63, 3.8) is 0 Å². The second-order valence-corrected chi connectivity index (χ2v) is 6.84. The normalized spacial score (nSPS) is 12.2. The number of hydrogen-bond donors (Lipinski definition) is 2. The Labute approximate surface area is 187 Å². The number of carbonyl (C=O) groups excluding carboxylic acids is 3. The summed E-state index contributed by atoms with van der Waals surface area (Å²) < 4.78 is 6.81. The zero-order valence-electron chi connectivity index (χ0n) is 18.3. The van der Waals surface area contributed by atoms with Crippen molar-refractivity contribution in [3.05, 3.63) is 46.6 Å². The SMILES string of the molecule is CC.CCOC(=O)CNC(=O)N1CCn2c(c(C(=O)NC)c(Cl)c2-c2ccccc2)C1. The van der Waals surface area contributed by atoms with Gasteiger partial charge >= 0.3 is 12.0 Å². The molecule has 2 heterocycles. The van der Waals surface area contributed by atoms with Crippen molar-refractivity contribution in [1.82, 2.24) is 20.1 Å². The first-order valence-corrected chi connectivity index (χ1v) is 10.7. The average molecular weight is 449 g/mol. The van der Waals surface area contributed by atoms with Crippen LogP contribution in [-0.4, -0.2) is 54.1 Å². The predicted octanol–water partition coefficient (Wildman–Crippen LogP) is 3.28. The van der Waals surface area contributed by atoms with Gasteiger partial charge in [0.25, 0.3) is 5.91 Å². The first kappa shape index (κ1) is 24.3. The maximum atomic E-state index is 12.5. The highest BCUT2D eigenvalue weighted by Crippen LogP contribution is 2.37. The van der Waals surface area contributed by atoms with E-state index in [1.54, 1.807) is 11.8 Å². The van der Waals surface area contributed by atoms with E-state index in [0.29, 0.717) is 29.4 Å². The quantitative estimate of drug-likeness (QED) is 0.686. The molecule has 0 unspecified atom stereocenters. The summed E-state index contributed by atoms with van der Waals surface area (Å²) in [6.45, 7) is 6.84. The summed E-state index contributed by atoms with van der Waals surface area (Å²) in [5.74, 6) is -0.809. The molecular weight excluding hydrogens is 420 g/mol. The van der Waals surface area contributed by atoms with Crippen LogP contribution in [0.2, 0.25) is 5.02 Å². The van der Waals surface area contributed by atoms with E-state index >= 15 is 0 Å². The molecule has 0 atom stereocenters. The topological polar surface area (TPSA) is 92.7 Å². The maximum absolute atomic E-state index is 12.5. The second-order valence-electron chi connectivity index (χ2n) is 6.47. The molecule has 1 aliphatic heterocycles. The largest absolute Gasteiger partial charge is 0.465 e. The minimum Gasteiger partial charge on any atom is -0.465 e. The van der Waals surface area contributed by atoms with Gasteiger partial charge in [0.1, 0.15) is 6.54 Å². The van der Waals surface area contributed by atoms with Crippen LogP contribution in [0.15, 0.2) is 30.3 Å². The highest BCUT2D eigenvalue weighted by Gasteiger charge is 2.32. The van der Waals surface area contributed by atoms with E-state index in [2.05, 4.69) is 10.6 Å². The number of aromatic nitrogens is 1. The van der Waals surface area contributed by atoms with Gasteiger partial charge < -0.3 is 24.8 Å². The van der Waals surface area contributed by atoms with Crippen molar-refractivity contribution in [2.75, 3.05) is 26.7 Å². The molecule has 8 nitrogen and oxygen atoms in total. The molecule has 31 heavy (non-hydrogen) atoms. The molecule has 0 fully saturated rings. The number of fused-ring (bicyclic) bond motifs is 1. The van der Waals surface area contributed by atoms with Crippen LogP contribution in [0, 0.1) is 0 Å². The Morgan fingerprint density at radius 1 is 1.13 bits per heavy atom. The first-order valence-electron chi connectivity index (χ1n) is 10.3. The van der Waals surface area contributed by atoms with Crippen LogP contribution < -0.4 is 10.6 Å². The van der Waals surface area contributed by atoms with Gasteiger partial charge in [-0.15, -0.1) is 0 Å². The molecule has 0 saturated carbocycles. The number of hydrogen-bond acceptors (Lipinski definition) is 4. The summed E-state index contributed by atoms with van der Waals surface area (Å²) in [7, 11) is 1.54. The third kappa shape index (κ3) is 5.38. The van der Waals surface area contributed by atoms with Gasteiger partial charge in [0.05, 0.1) is 35.1 Å². The van der Waals surface area contributed by atoms with Gasteiger partial charge in [-0.1, -0.05) is 55.8 Å². The zero-order chi connectivity index (χ0) is 23.0. The molecule has 0 radical (unpaired) electrons. The summed E-state index contributed by atoms with van der Waals surface area (Å²) in [6.07, 6.45) is 0. The Bertz CT molecular complexity index is 927. The summed E-state index contributed by atoms with van der Waals surface area (Å²) in [5.41, 5.74) is 2.67. The molecule has 9 heteroatoms. The number of benzene rings is 1. The molecular formula is C22H29ClN4O4. The fraction of sp³-hybridized carbons (Fsp3) is 0.409. The third-order valence-electron chi connectivity index (χ3n) is 4.72. The van der Waals surface area contributed by atoms with Gasteiger partial charge in [0.2, 0.25) is 0 Å². The van der Waals surface area contributed by atoms with Crippen molar-refractivity contribution >= 4 is 29.5 Å². The molecule has 1 aliphatic rings. The molecule has 0 aliphatic carbocycles. The molecule has 3 amide bonds. The number of esters is 1. The molecule has 1 aromatic heterocycles. The lowest BCUT2D eigenvalue weighted by atomic mass is 10.1. The van der Waals surface area contributed by atoms with Crippen LogP contribution in [0.5, 0.6) is 0 Å². The van der Waals surface area contributed by atoms with Gasteiger partial charge in [-0.25, -0.2) is 4.79 Å². The summed E-state index contributed by atoms with van der Waals surface area (Å²) >= 11 is 6.63. The predicted molar refractivity (Wildman–Crippen MR) is 120 cm³/mol. The minimum absolute atomic E-state index is 0.198. The highest BCUT2D eigenvalue weighted by atomic mass is 35.5. The van der Waals surface area contributed by atoms with E-state index in [1.807, 2.05) is 48.7 Å². The average Bonchev–Trinajstić information content (AvgIpc) is 3.10. The lowest BCUT2D eigenvalue weighted by Gasteiger charge is -2.30. The minimum atomic E-state index is -0.498. The van der Waals surface area contributed by atoms with Crippen LogP contribution in [-0.2, 0) is 22.6 Å². The zero-order valence-corrected chi connectivity index (χ0v) is 19.1. The number of rotatable bonds is 5. The number of carbonyl (C=O) groups is 3. The summed E-state index contributed by atoms with van der Waals surface area (Å²) in [6, 6.07) is 9.19.